The summed E-state index contributed by atoms with van der Waals surface area (Å²) < 4.78 is 0. The van der Waals surface area contributed by atoms with Crippen LogP contribution in [0.4, 0.5) is 11.6 Å². The third-order valence-electron chi connectivity index (χ3n) is 3.02. The quantitative estimate of drug-likeness (QED) is 0.783. The maximum atomic E-state index is 11.8. The van der Waals surface area contributed by atoms with Crippen LogP contribution >= 0.6 is 0 Å². The number of carbonyl (C=O) groups excluding carboxylic acids is 2. The number of aromatic nitrogens is 2. The second kappa shape index (κ2) is 7.58. The molecule has 1 rings (SSSR count). The van der Waals surface area contributed by atoms with Crippen LogP contribution in [-0.2, 0) is 9.59 Å². The molecule has 0 aliphatic heterocycles. The Bertz CT molecular complexity index is 489. The summed E-state index contributed by atoms with van der Waals surface area (Å²) in [5.74, 6) is 0.933. The molecular formula is C14H24N6O2. The molecule has 0 aliphatic carbocycles. The van der Waals surface area contributed by atoms with Gasteiger partial charge in [-0.1, -0.05) is 0 Å². The van der Waals surface area contributed by atoms with E-state index >= 15 is 0 Å². The summed E-state index contributed by atoms with van der Waals surface area (Å²) in [6, 6.07) is 0.857. The second-order valence-corrected chi connectivity index (χ2v) is 5.49. The maximum Gasteiger partial charge on any atom is 0.244 e. The van der Waals surface area contributed by atoms with Gasteiger partial charge in [0.1, 0.15) is 30.0 Å². The lowest BCUT2D eigenvalue weighted by atomic mass is 10.3. The fourth-order valence-corrected chi connectivity index (χ4v) is 1.86. The van der Waals surface area contributed by atoms with Crippen molar-refractivity contribution < 1.29 is 9.59 Å². The van der Waals surface area contributed by atoms with Crippen LogP contribution in [0.15, 0.2) is 12.4 Å². The normalized spacial score (nSPS) is 13.0. The van der Waals surface area contributed by atoms with E-state index in [2.05, 4.69) is 20.6 Å². The Kier molecular flexibility index (Phi) is 6.09. The lowest BCUT2D eigenvalue weighted by molar-refractivity contribution is -0.129. The average molecular weight is 308 g/mol. The lowest BCUT2D eigenvalue weighted by Gasteiger charge is -2.20. The Morgan fingerprint density at radius 1 is 0.909 bits per heavy atom. The fraction of sp³-hybridized carbons (Fsp3) is 0.571. The van der Waals surface area contributed by atoms with E-state index in [1.54, 1.807) is 48.1 Å². The molecule has 2 amide bonds. The Labute approximate surface area is 130 Å². The highest BCUT2D eigenvalue weighted by atomic mass is 16.2. The van der Waals surface area contributed by atoms with Gasteiger partial charge in [0.2, 0.25) is 11.8 Å². The molecule has 2 N–H and O–H groups in total. The zero-order chi connectivity index (χ0) is 16.9. The van der Waals surface area contributed by atoms with Gasteiger partial charge >= 0.3 is 0 Å². The van der Waals surface area contributed by atoms with Gasteiger partial charge < -0.3 is 20.4 Å². The largest absolute Gasteiger partial charge is 0.358 e. The van der Waals surface area contributed by atoms with Crippen LogP contribution in [0.2, 0.25) is 0 Å². The van der Waals surface area contributed by atoms with Crippen molar-refractivity contribution >= 4 is 23.5 Å². The third-order valence-corrected chi connectivity index (χ3v) is 3.02. The van der Waals surface area contributed by atoms with Crippen LogP contribution in [0.25, 0.3) is 0 Å². The molecule has 0 fully saturated rings. The fourth-order valence-electron chi connectivity index (χ4n) is 1.86. The van der Waals surface area contributed by atoms with Gasteiger partial charge in [0.15, 0.2) is 0 Å². The number of amides is 2. The number of likely N-dealkylation sites (N-methyl/N-ethyl adjacent to an activating group) is 2. The number of nitrogens with one attached hydrogen (secondary N) is 2. The molecule has 0 aliphatic rings. The van der Waals surface area contributed by atoms with Crippen molar-refractivity contribution in [2.75, 3.05) is 38.8 Å². The van der Waals surface area contributed by atoms with Crippen LogP contribution in [0.5, 0.6) is 0 Å². The van der Waals surface area contributed by atoms with Crippen molar-refractivity contribution in [1.82, 2.24) is 19.8 Å². The van der Waals surface area contributed by atoms with Gasteiger partial charge in [-0.05, 0) is 13.8 Å². The van der Waals surface area contributed by atoms with Gasteiger partial charge in [-0.3, -0.25) is 9.59 Å². The van der Waals surface area contributed by atoms with Crippen molar-refractivity contribution in [3.63, 3.8) is 0 Å². The zero-order valence-electron chi connectivity index (χ0n) is 13.9. The highest BCUT2D eigenvalue weighted by molar-refractivity contribution is 5.84. The first-order chi connectivity index (χ1) is 10.2. The Morgan fingerprint density at radius 2 is 1.27 bits per heavy atom. The molecule has 8 heteroatoms. The number of hydrogen-bond acceptors (Lipinski definition) is 6. The van der Waals surface area contributed by atoms with Gasteiger partial charge in [0, 0.05) is 34.3 Å². The van der Waals surface area contributed by atoms with Crippen LogP contribution in [0.3, 0.4) is 0 Å². The first-order valence-corrected chi connectivity index (χ1v) is 6.99. The van der Waals surface area contributed by atoms with E-state index in [9.17, 15) is 9.59 Å². The summed E-state index contributed by atoms with van der Waals surface area (Å²) in [6.45, 7) is 3.52. The molecular weight excluding hydrogens is 284 g/mol. The van der Waals surface area contributed by atoms with Crippen molar-refractivity contribution in [1.29, 1.82) is 0 Å². The highest BCUT2D eigenvalue weighted by Crippen LogP contribution is 2.11. The average Bonchev–Trinajstić information content (AvgIpc) is 2.45. The van der Waals surface area contributed by atoms with Crippen LogP contribution in [0.1, 0.15) is 13.8 Å². The van der Waals surface area contributed by atoms with E-state index in [1.165, 1.54) is 16.1 Å². The molecule has 22 heavy (non-hydrogen) atoms. The minimum Gasteiger partial charge on any atom is -0.358 e. The van der Waals surface area contributed by atoms with E-state index in [-0.39, 0.29) is 11.8 Å². The van der Waals surface area contributed by atoms with E-state index < -0.39 is 12.1 Å². The maximum absolute atomic E-state index is 11.8. The highest BCUT2D eigenvalue weighted by Gasteiger charge is 2.17. The molecule has 0 saturated heterocycles. The molecule has 122 valence electrons. The Hall–Kier alpha value is -2.38. The van der Waals surface area contributed by atoms with E-state index in [0.29, 0.717) is 11.6 Å². The molecule has 0 unspecified atom stereocenters. The Morgan fingerprint density at radius 3 is 1.59 bits per heavy atom. The van der Waals surface area contributed by atoms with Gasteiger partial charge in [0.25, 0.3) is 0 Å². The number of anilines is 2. The topological polar surface area (TPSA) is 90.5 Å². The SMILES string of the molecule is C[C@H](Nc1cc(N[C@@H](C)C(=O)N(C)C)ncn1)C(=O)N(C)C. The minimum absolute atomic E-state index is 0.0516. The number of rotatable bonds is 6. The smallest absolute Gasteiger partial charge is 0.244 e. The van der Waals surface area contributed by atoms with Crippen molar-refractivity contribution in [2.24, 2.45) is 0 Å². The summed E-state index contributed by atoms with van der Waals surface area (Å²) >= 11 is 0. The van der Waals surface area contributed by atoms with Gasteiger partial charge in [0.05, 0.1) is 0 Å². The summed E-state index contributed by atoms with van der Waals surface area (Å²) in [4.78, 5) is 34.8. The van der Waals surface area contributed by atoms with Gasteiger partial charge in [-0.15, -0.1) is 0 Å². The first kappa shape index (κ1) is 17.7. The van der Waals surface area contributed by atoms with Gasteiger partial charge in [-0.25, -0.2) is 9.97 Å². The number of nitrogens with zero attached hydrogens (tertiary/aromatic N) is 4. The molecule has 1 heterocycles. The van der Waals surface area contributed by atoms with E-state index in [0.717, 1.165) is 0 Å². The number of carbonyl (C=O) groups is 2. The molecule has 8 nitrogen and oxygen atoms in total. The van der Waals surface area contributed by atoms with Crippen molar-refractivity contribution in [2.45, 2.75) is 25.9 Å². The molecule has 2 atom stereocenters. The van der Waals surface area contributed by atoms with Crippen molar-refractivity contribution in [3.8, 4) is 0 Å². The van der Waals surface area contributed by atoms with Crippen molar-refractivity contribution in [3.05, 3.63) is 12.4 Å². The monoisotopic (exact) mass is 308 g/mol. The van der Waals surface area contributed by atoms with Crippen LogP contribution < -0.4 is 10.6 Å². The summed E-state index contributed by atoms with van der Waals surface area (Å²) in [7, 11) is 6.79. The molecule has 1 aromatic heterocycles. The zero-order valence-corrected chi connectivity index (χ0v) is 13.9. The van der Waals surface area contributed by atoms with Crippen LogP contribution in [-0.4, -0.2) is 71.9 Å². The Balaban J connectivity index is 2.74. The second-order valence-electron chi connectivity index (χ2n) is 5.49. The molecule has 0 aromatic carbocycles. The summed E-state index contributed by atoms with van der Waals surface area (Å²) in [5.41, 5.74) is 0. The minimum atomic E-state index is -0.404. The third kappa shape index (κ3) is 4.87. The predicted molar refractivity (Wildman–Crippen MR) is 85.6 cm³/mol. The lowest BCUT2D eigenvalue weighted by Crippen LogP contribution is -2.37. The van der Waals surface area contributed by atoms with Gasteiger partial charge in [-0.2, -0.15) is 0 Å². The molecule has 0 saturated carbocycles. The standard InChI is InChI=1S/C14H24N6O2/c1-9(13(21)19(3)4)17-11-7-12(16-8-15-11)18-10(2)14(22)20(5)6/h7-10H,1-6H3,(H2,15,16,17,18)/t9-,10-/m0/s1. The number of hydrogen-bond donors (Lipinski definition) is 2. The molecule has 0 radical (unpaired) electrons. The molecule has 0 bridgehead atoms. The summed E-state index contributed by atoms with van der Waals surface area (Å²) in [5, 5.41) is 6.02. The first-order valence-electron chi connectivity index (χ1n) is 6.99. The predicted octanol–water partition coefficient (Wildman–Crippen LogP) is 0.254. The van der Waals surface area contributed by atoms with E-state index in [1.807, 2.05) is 0 Å². The molecule has 0 spiro atoms. The van der Waals surface area contributed by atoms with E-state index in [4.69, 9.17) is 0 Å². The summed E-state index contributed by atoms with van der Waals surface area (Å²) in [6.07, 6.45) is 1.38. The van der Waals surface area contributed by atoms with Crippen LogP contribution in [0, 0.1) is 0 Å². The molecule has 1 aromatic rings.